The molecule has 0 bridgehead atoms. The third-order valence-corrected chi connectivity index (χ3v) is 5.49. The van der Waals surface area contributed by atoms with Crippen LogP contribution in [0.3, 0.4) is 0 Å². The highest BCUT2D eigenvalue weighted by Crippen LogP contribution is 2.32. The number of thiazole rings is 1. The molecule has 1 aliphatic rings. The molecule has 1 saturated carbocycles. The Kier molecular flexibility index (Phi) is 3.86. The summed E-state index contributed by atoms with van der Waals surface area (Å²) in [6, 6.07) is 11.7. The largest absolute Gasteiger partial charge is 0.457 e. The van der Waals surface area contributed by atoms with Crippen LogP contribution in [0.5, 0.6) is 0 Å². The molecular formula is C18H18N2O3S. The van der Waals surface area contributed by atoms with Crippen LogP contribution in [0.1, 0.15) is 31.4 Å². The molecule has 24 heavy (non-hydrogen) atoms. The van der Waals surface area contributed by atoms with Gasteiger partial charge in [-0.1, -0.05) is 12.1 Å². The maximum absolute atomic E-state index is 12.1. The van der Waals surface area contributed by atoms with Crippen LogP contribution in [0.4, 0.5) is 0 Å². The molecule has 6 heteroatoms. The average molecular weight is 342 g/mol. The van der Waals surface area contributed by atoms with Crippen molar-refractivity contribution < 1.29 is 14.3 Å². The van der Waals surface area contributed by atoms with Crippen LogP contribution in [0.25, 0.3) is 21.0 Å². The Balaban J connectivity index is 1.46. The van der Waals surface area contributed by atoms with Gasteiger partial charge in [-0.25, -0.2) is 4.98 Å². The molecule has 1 fully saturated rings. The van der Waals surface area contributed by atoms with E-state index in [4.69, 9.17) is 4.42 Å². The zero-order valence-corrected chi connectivity index (χ0v) is 13.9. The first kappa shape index (κ1) is 15.4. The highest BCUT2D eigenvalue weighted by Gasteiger charge is 2.38. The number of hydrogen-bond acceptors (Lipinski definition) is 5. The van der Waals surface area contributed by atoms with Crippen molar-refractivity contribution in [2.45, 2.75) is 37.8 Å². The number of aromatic nitrogens is 1. The average Bonchev–Trinajstić information content (AvgIpc) is 3.31. The number of rotatable bonds is 4. The summed E-state index contributed by atoms with van der Waals surface area (Å²) in [5, 5.41) is 13.8. The van der Waals surface area contributed by atoms with Crippen LogP contribution in [0.15, 0.2) is 40.8 Å². The number of para-hydroxylation sites is 1. The number of fused-ring (bicyclic) bond motifs is 1. The quantitative estimate of drug-likeness (QED) is 0.761. The minimum absolute atomic E-state index is 0.270. The van der Waals surface area contributed by atoms with Gasteiger partial charge in [-0.2, -0.15) is 0 Å². The van der Waals surface area contributed by atoms with Crippen LogP contribution < -0.4 is 5.32 Å². The van der Waals surface area contributed by atoms with Crippen molar-refractivity contribution in [3.63, 3.8) is 0 Å². The molecule has 1 aromatic carbocycles. The third kappa shape index (κ3) is 2.83. The number of nitrogens with one attached hydrogen (secondary N) is 1. The van der Waals surface area contributed by atoms with Gasteiger partial charge in [0, 0.05) is 0 Å². The Morgan fingerprint density at radius 3 is 2.83 bits per heavy atom. The topological polar surface area (TPSA) is 75.4 Å². The molecule has 1 aliphatic carbocycles. The molecule has 0 atom stereocenters. The molecule has 3 aromatic rings. The van der Waals surface area contributed by atoms with E-state index in [2.05, 4.69) is 10.3 Å². The molecule has 4 rings (SSSR count). The Morgan fingerprint density at radius 1 is 1.25 bits per heavy atom. The normalized spacial score (nSPS) is 16.5. The molecule has 2 heterocycles. The number of furan rings is 1. The molecule has 2 aromatic heterocycles. The number of aliphatic hydroxyl groups is 1. The van der Waals surface area contributed by atoms with E-state index in [1.807, 2.05) is 36.4 Å². The van der Waals surface area contributed by atoms with Crippen molar-refractivity contribution in [2.75, 3.05) is 0 Å². The molecular weight excluding hydrogens is 324 g/mol. The lowest BCUT2D eigenvalue weighted by atomic mass is 10.0. The van der Waals surface area contributed by atoms with E-state index < -0.39 is 5.60 Å². The first-order chi connectivity index (χ1) is 11.6. The van der Waals surface area contributed by atoms with Crippen LogP contribution in [0.2, 0.25) is 0 Å². The van der Waals surface area contributed by atoms with Crippen molar-refractivity contribution in [2.24, 2.45) is 0 Å². The van der Waals surface area contributed by atoms with Gasteiger partial charge in [0.25, 0.3) is 5.91 Å². The highest BCUT2D eigenvalue weighted by molar-refractivity contribution is 7.21. The summed E-state index contributed by atoms with van der Waals surface area (Å²) < 4.78 is 6.91. The molecule has 1 amide bonds. The van der Waals surface area contributed by atoms with Crippen LogP contribution in [0, 0.1) is 0 Å². The van der Waals surface area contributed by atoms with Crippen molar-refractivity contribution in [1.29, 1.82) is 0 Å². The van der Waals surface area contributed by atoms with Crippen LogP contribution in [-0.2, 0) is 11.3 Å². The second-order valence-corrected chi connectivity index (χ2v) is 7.20. The monoisotopic (exact) mass is 342 g/mol. The lowest BCUT2D eigenvalue weighted by Crippen LogP contribution is -2.44. The van der Waals surface area contributed by atoms with Crippen molar-refractivity contribution in [3.8, 4) is 10.8 Å². The minimum Gasteiger partial charge on any atom is -0.457 e. The van der Waals surface area contributed by atoms with E-state index in [1.165, 1.54) is 0 Å². The van der Waals surface area contributed by atoms with Gasteiger partial charge in [0.1, 0.15) is 11.4 Å². The van der Waals surface area contributed by atoms with Crippen LogP contribution in [-0.4, -0.2) is 21.6 Å². The second kappa shape index (κ2) is 6.03. The van der Waals surface area contributed by atoms with Gasteiger partial charge in [-0.3, -0.25) is 4.79 Å². The Bertz CT molecular complexity index is 844. The van der Waals surface area contributed by atoms with Gasteiger partial charge < -0.3 is 14.8 Å². The highest BCUT2D eigenvalue weighted by atomic mass is 32.1. The van der Waals surface area contributed by atoms with Gasteiger partial charge in [0.2, 0.25) is 0 Å². The Morgan fingerprint density at radius 2 is 2.04 bits per heavy atom. The number of carbonyl (C=O) groups is 1. The fraction of sp³-hybridized carbons (Fsp3) is 0.333. The zero-order valence-electron chi connectivity index (χ0n) is 13.1. The number of carbonyl (C=O) groups excluding carboxylic acids is 1. The standard InChI is InChI=1S/C18H18N2O3S/c21-17(18(22)9-3-4-10-18)19-11-12-7-8-14(23-12)16-20-13-5-1-2-6-15(13)24-16/h1-2,5-8,22H,3-4,9-11H2,(H,19,21). The molecule has 2 N–H and O–H groups in total. The second-order valence-electron chi connectivity index (χ2n) is 6.17. The molecule has 0 saturated heterocycles. The number of nitrogens with zero attached hydrogens (tertiary/aromatic N) is 1. The SMILES string of the molecule is O=C(NCc1ccc(-c2nc3ccccc3s2)o1)C1(O)CCCC1. The fourth-order valence-corrected chi connectivity index (χ4v) is 4.01. The lowest BCUT2D eigenvalue weighted by molar-refractivity contribution is -0.139. The summed E-state index contributed by atoms with van der Waals surface area (Å²) >= 11 is 1.58. The van der Waals surface area contributed by atoms with E-state index in [9.17, 15) is 9.90 Å². The zero-order chi connectivity index (χ0) is 16.6. The van der Waals surface area contributed by atoms with Gasteiger partial charge >= 0.3 is 0 Å². The Labute approximate surface area is 143 Å². The third-order valence-electron chi connectivity index (χ3n) is 4.44. The summed E-state index contributed by atoms with van der Waals surface area (Å²) in [6.07, 6.45) is 2.86. The fourth-order valence-electron chi connectivity index (χ4n) is 3.08. The van der Waals surface area contributed by atoms with Crippen LogP contribution >= 0.6 is 11.3 Å². The number of amides is 1. The number of benzene rings is 1. The smallest absolute Gasteiger partial charge is 0.252 e. The molecule has 0 radical (unpaired) electrons. The number of hydrogen-bond donors (Lipinski definition) is 2. The predicted octanol–water partition coefficient (Wildman–Crippen LogP) is 3.48. The van der Waals surface area contributed by atoms with Gasteiger partial charge in [0.15, 0.2) is 10.8 Å². The van der Waals surface area contributed by atoms with E-state index in [-0.39, 0.29) is 12.5 Å². The van der Waals surface area contributed by atoms with E-state index in [1.54, 1.807) is 11.3 Å². The Hall–Kier alpha value is -2.18. The van der Waals surface area contributed by atoms with E-state index in [0.717, 1.165) is 28.1 Å². The predicted molar refractivity (Wildman–Crippen MR) is 92.6 cm³/mol. The molecule has 0 spiro atoms. The van der Waals surface area contributed by atoms with Crippen molar-refractivity contribution >= 4 is 27.5 Å². The molecule has 0 aliphatic heterocycles. The van der Waals surface area contributed by atoms with Gasteiger partial charge in [0.05, 0.1) is 16.8 Å². The van der Waals surface area contributed by atoms with Gasteiger partial charge in [-0.15, -0.1) is 11.3 Å². The van der Waals surface area contributed by atoms with Crippen molar-refractivity contribution in [3.05, 3.63) is 42.2 Å². The van der Waals surface area contributed by atoms with Crippen molar-refractivity contribution in [1.82, 2.24) is 10.3 Å². The maximum atomic E-state index is 12.1. The maximum Gasteiger partial charge on any atom is 0.252 e. The summed E-state index contributed by atoms with van der Waals surface area (Å²) in [7, 11) is 0. The molecule has 5 nitrogen and oxygen atoms in total. The summed E-state index contributed by atoms with van der Waals surface area (Å²) in [4.78, 5) is 16.7. The molecule has 0 unspecified atom stereocenters. The van der Waals surface area contributed by atoms with E-state index in [0.29, 0.717) is 24.4 Å². The summed E-state index contributed by atoms with van der Waals surface area (Å²) in [6.45, 7) is 0.270. The molecule has 124 valence electrons. The first-order valence-corrected chi connectivity index (χ1v) is 8.91. The first-order valence-electron chi connectivity index (χ1n) is 8.09. The van der Waals surface area contributed by atoms with Gasteiger partial charge in [-0.05, 0) is 49.9 Å². The summed E-state index contributed by atoms with van der Waals surface area (Å²) in [5.41, 5.74) is -0.255. The lowest BCUT2D eigenvalue weighted by Gasteiger charge is -2.20. The van der Waals surface area contributed by atoms with E-state index >= 15 is 0 Å². The minimum atomic E-state index is -1.21. The summed E-state index contributed by atoms with van der Waals surface area (Å²) in [5.74, 6) is 1.04.